The topological polar surface area (TPSA) is 92.5 Å². The third-order valence-corrected chi connectivity index (χ3v) is 4.92. The summed E-state index contributed by atoms with van der Waals surface area (Å²) in [6.45, 7) is 1.03. The molecule has 21 heavy (non-hydrogen) atoms. The van der Waals surface area contributed by atoms with Crippen LogP contribution in [-0.2, 0) is 21.4 Å². The van der Waals surface area contributed by atoms with Crippen molar-refractivity contribution in [1.29, 1.82) is 0 Å². The number of rotatable bonds is 5. The van der Waals surface area contributed by atoms with Gasteiger partial charge in [-0.2, -0.15) is 0 Å². The third-order valence-electron chi connectivity index (χ3n) is 3.27. The minimum absolute atomic E-state index is 0.0168. The van der Waals surface area contributed by atoms with E-state index < -0.39 is 16.1 Å². The SMILES string of the molecule is NCCN(Cc1cccc(Cl)c1)C(=O)C1CCS(=O)(=O)N1. The van der Waals surface area contributed by atoms with E-state index in [0.29, 0.717) is 24.7 Å². The summed E-state index contributed by atoms with van der Waals surface area (Å²) in [4.78, 5) is 14.0. The highest BCUT2D eigenvalue weighted by atomic mass is 35.5. The number of amides is 1. The van der Waals surface area contributed by atoms with Crippen molar-refractivity contribution in [2.75, 3.05) is 18.8 Å². The lowest BCUT2D eigenvalue weighted by atomic mass is 10.1. The van der Waals surface area contributed by atoms with Gasteiger partial charge in [0.15, 0.2) is 0 Å². The highest BCUT2D eigenvalue weighted by Crippen LogP contribution is 2.15. The Morgan fingerprint density at radius 1 is 1.48 bits per heavy atom. The number of carbonyl (C=O) groups is 1. The lowest BCUT2D eigenvalue weighted by molar-refractivity contribution is -0.133. The van der Waals surface area contributed by atoms with Crippen molar-refractivity contribution in [1.82, 2.24) is 9.62 Å². The molecule has 0 spiro atoms. The van der Waals surface area contributed by atoms with E-state index in [0.717, 1.165) is 5.56 Å². The second-order valence-electron chi connectivity index (χ2n) is 4.96. The fourth-order valence-electron chi connectivity index (χ4n) is 2.28. The molecule has 6 nitrogen and oxygen atoms in total. The van der Waals surface area contributed by atoms with Crippen LogP contribution in [0.15, 0.2) is 24.3 Å². The van der Waals surface area contributed by atoms with Crippen molar-refractivity contribution >= 4 is 27.5 Å². The molecule has 1 heterocycles. The molecule has 3 N–H and O–H groups in total. The summed E-state index contributed by atoms with van der Waals surface area (Å²) in [7, 11) is -3.32. The van der Waals surface area contributed by atoms with Gasteiger partial charge in [-0.1, -0.05) is 23.7 Å². The van der Waals surface area contributed by atoms with Gasteiger partial charge in [0.25, 0.3) is 0 Å². The van der Waals surface area contributed by atoms with Gasteiger partial charge in [-0.15, -0.1) is 0 Å². The van der Waals surface area contributed by atoms with Crippen molar-refractivity contribution in [3.05, 3.63) is 34.9 Å². The summed E-state index contributed by atoms with van der Waals surface area (Å²) < 4.78 is 25.2. The molecular weight excluding hydrogens is 314 g/mol. The van der Waals surface area contributed by atoms with Crippen LogP contribution in [-0.4, -0.2) is 44.1 Å². The molecule has 1 fully saturated rings. The second-order valence-corrected chi connectivity index (χ2v) is 7.27. The Labute approximate surface area is 129 Å². The number of halogens is 1. The van der Waals surface area contributed by atoms with Gasteiger partial charge in [0.1, 0.15) is 6.04 Å². The van der Waals surface area contributed by atoms with Gasteiger partial charge < -0.3 is 10.6 Å². The van der Waals surface area contributed by atoms with Gasteiger partial charge in [0, 0.05) is 24.7 Å². The number of benzene rings is 1. The van der Waals surface area contributed by atoms with Crippen LogP contribution < -0.4 is 10.5 Å². The Morgan fingerprint density at radius 2 is 2.24 bits per heavy atom. The summed E-state index contributed by atoms with van der Waals surface area (Å²) in [5.74, 6) is -0.265. The predicted octanol–water partition coefficient (Wildman–Crippen LogP) is 0.319. The van der Waals surface area contributed by atoms with Crippen LogP contribution in [0.4, 0.5) is 0 Å². The predicted molar refractivity (Wildman–Crippen MR) is 81.3 cm³/mol. The van der Waals surface area contributed by atoms with E-state index in [1.54, 1.807) is 23.1 Å². The molecule has 116 valence electrons. The molecule has 1 aromatic carbocycles. The zero-order valence-corrected chi connectivity index (χ0v) is 13.0. The summed E-state index contributed by atoms with van der Waals surface area (Å²) in [6.07, 6.45) is 0.289. The fourth-order valence-corrected chi connectivity index (χ4v) is 3.81. The van der Waals surface area contributed by atoms with Gasteiger partial charge in [-0.3, -0.25) is 4.79 Å². The van der Waals surface area contributed by atoms with Gasteiger partial charge in [-0.25, -0.2) is 13.1 Å². The highest BCUT2D eigenvalue weighted by molar-refractivity contribution is 7.89. The average Bonchev–Trinajstić information content (AvgIpc) is 2.78. The molecular formula is C13H18ClN3O3S. The molecule has 1 aliphatic heterocycles. The second kappa shape index (κ2) is 6.74. The number of nitrogens with zero attached hydrogens (tertiary/aromatic N) is 1. The number of hydrogen-bond donors (Lipinski definition) is 2. The monoisotopic (exact) mass is 331 g/mol. The van der Waals surface area contributed by atoms with E-state index in [1.165, 1.54) is 0 Å². The summed E-state index contributed by atoms with van der Waals surface area (Å²) >= 11 is 5.93. The van der Waals surface area contributed by atoms with Crippen LogP contribution in [0.2, 0.25) is 5.02 Å². The molecule has 0 saturated carbocycles. The molecule has 0 aromatic heterocycles. The summed E-state index contributed by atoms with van der Waals surface area (Å²) in [6, 6.07) is 6.51. The maximum atomic E-state index is 12.4. The minimum Gasteiger partial charge on any atom is -0.336 e. The first-order valence-electron chi connectivity index (χ1n) is 6.64. The molecule has 0 aliphatic carbocycles. The van der Waals surface area contributed by atoms with Crippen molar-refractivity contribution in [3.63, 3.8) is 0 Å². The molecule has 2 rings (SSSR count). The van der Waals surface area contributed by atoms with Gasteiger partial charge >= 0.3 is 0 Å². The molecule has 1 saturated heterocycles. The quantitative estimate of drug-likeness (QED) is 0.812. The van der Waals surface area contributed by atoms with Crippen LogP contribution in [0.5, 0.6) is 0 Å². The van der Waals surface area contributed by atoms with Crippen LogP contribution >= 0.6 is 11.6 Å². The third kappa shape index (κ3) is 4.41. The number of carbonyl (C=O) groups excluding carboxylic acids is 1. The van der Waals surface area contributed by atoms with E-state index >= 15 is 0 Å². The minimum atomic E-state index is -3.32. The maximum Gasteiger partial charge on any atom is 0.241 e. The summed E-state index contributed by atoms with van der Waals surface area (Å²) in [5, 5.41) is 0.592. The van der Waals surface area contributed by atoms with Crippen molar-refractivity contribution in [3.8, 4) is 0 Å². The van der Waals surface area contributed by atoms with Gasteiger partial charge in [-0.05, 0) is 24.1 Å². The molecule has 1 aliphatic rings. The molecule has 8 heteroatoms. The van der Waals surface area contributed by atoms with Gasteiger partial charge in [0.2, 0.25) is 15.9 Å². The summed E-state index contributed by atoms with van der Waals surface area (Å²) in [5.41, 5.74) is 6.42. The van der Waals surface area contributed by atoms with E-state index in [-0.39, 0.29) is 18.1 Å². The lowest BCUT2D eigenvalue weighted by Crippen LogP contribution is -2.45. The van der Waals surface area contributed by atoms with E-state index in [2.05, 4.69) is 4.72 Å². The molecule has 1 amide bonds. The fraction of sp³-hybridized carbons (Fsp3) is 0.462. The number of sulfonamides is 1. The largest absolute Gasteiger partial charge is 0.336 e. The molecule has 0 radical (unpaired) electrons. The zero-order chi connectivity index (χ0) is 15.5. The Kier molecular flexibility index (Phi) is 5.21. The Morgan fingerprint density at radius 3 is 2.81 bits per heavy atom. The normalized spacial score (nSPS) is 20.4. The van der Waals surface area contributed by atoms with Crippen LogP contribution in [0.1, 0.15) is 12.0 Å². The number of hydrogen-bond acceptors (Lipinski definition) is 4. The van der Waals surface area contributed by atoms with Crippen LogP contribution in [0.3, 0.4) is 0 Å². The smallest absolute Gasteiger partial charge is 0.241 e. The van der Waals surface area contributed by atoms with E-state index in [1.807, 2.05) is 6.07 Å². The van der Waals surface area contributed by atoms with Gasteiger partial charge in [0.05, 0.1) is 5.75 Å². The lowest BCUT2D eigenvalue weighted by Gasteiger charge is -2.25. The molecule has 1 atom stereocenters. The molecule has 1 aromatic rings. The first-order chi connectivity index (χ1) is 9.91. The average molecular weight is 332 g/mol. The Hall–Kier alpha value is -1.15. The van der Waals surface area contributed by atoms with Crippen molar-refractivity contribution in [2.24, 2.45) is 5.73 Å². The Bertz CT molecular complexity index is 621. The maximum absolute atomic E-state index is 12.4. The Balaban J connectivity index is 2.09. The first kappa shape index (κ1) is 16.2. The first-order valence-corrected chi connectivity index (χ1v) is 8.67. The van der Waals surface area contributed by atoms with E-state index in [9.17, 15) is 13.2 Å². The highest BCUT2D eigenvalue weighted by Gasteiger charge is 2.34. The number of nitrogens with two attached hydrogens (primary N) is 1. The standard InChI is InChI=1S/C13H18ClN3O3S/c14-11-3-1-2-10(8-11)9-17(6-5-15)13(18)12-4-7-21(19,20)16-12/h1-3,8,12,16H,4-7,9,15H2. The molecule has 1 unspecified atom stereocenters. The van der Waals surface area contributed by atoms with Crippen LogP contribution in [0.25, 0.3) is 0 Å². The van der Waals surface area contributed by atoms with E-state index in [4.69, 9.17) is 17.3 Å². The molecule has 0 bridgehead atoms. The van der Waals surface area contributed by atoms with Crippen molar-refractivity contribution < 1.29 is 13.2 Å². The zero-order valence-electron chi connectivity index (χ0n) is 11.5. The van der Waals surface area contributed by atoms with Crippen molar-refractivity contribution in [2.45, 2.75) is 19.0 Å². The number of nitrogens with one attached hydrogen (secondary N) is 1. The van der Waals surface area contributed by atoms with Crippen LogP contribution in [0, 0.1) is 0 Å².